The first-order valence-electron chi connectivity index (χ1n) is 8.61. The van der Waals surface area contributed by atoms with Crippen molar-refractivity contribution in [2.75, 3.05) is 7.11 Å². The van der Waals surface area contributed by atoms with Gasteiger partial charge in [-0.15, -0.1) is 6.58 Å². The molecular weight excluding hydrogens is 347 g/mol. The molecule has 0 spiro atoms. The van der Waals surface area contributed by atoms with Crippen LogP contribution in [0.5, 0.6) is 0 Å². The summed E-state index contributed by atoms with van der Waals surface area (Å²) in [5.41, 5.74) is 3.83. The van der Waals surface area contributed by atoms with Crippen molar-refractivity contribution in [1.82, 2.24) is 9.55 Å². The van der Waals surface area contributed by atoms with Crippen LogP contribution in [0.4, 0.5) is 4.39 Å². The molecule has 0 saturated carbocycles. The number of aromatic nitrogens is 2. The lowest BCUT2D eigenvalue weighted by Gasteiger charge is -2.15. The number of aliphatic hydroxyl groups excluding tert-OH is 1. The van der Waals surface area contributed by atoms with Gasteiger partial charge in [-0.3, -0.25) is 4.79 Å². The smallest absolute Gasteiger partial charge is 0.257 e. The monoisotopic (exact) mass is 366 g/mol. The van der Waals surface area contributed by atoms with E-state index in [4.69, 9.17) is 4.74 Å². The van der Waals surface area contributed by atoms with Gasteiger partial charge < -0.3 is 14.4 Å². The summed E-state index contributed by atoms with van der Waals surface area (Å²) in [6.45, 7) is 5.79. The van der Waals surface area contributed by atoms with Gasteiger partial charge in [0, 0.05) is 29.7 Å². The second-order valence-electron chi connectivity index (χ2n) is 6.76. The Morgan fingerprint density at radius 2 is 2.19 bits per heavy atom. The maximum atomic E-state index is 14.0. The molecule has 2 aromatic heterocycles. The van der Waals surface area contributed by atoms with E-state index < -0.39 is 6.10 Å². The Balaban J connectivity index is 1.98. The van der Waals surface area contributed by atoms with Crippen molar-refractivity contribution in [3.05, 3.63) is 75.3 Å². The molecule has 0 fully saturated rings. The molecule has 1 aliphatic rings. The maximum absolute atomic E-state index is 14.0. The first kappa shape index (κ1) is 17.6. The molecule has 1 N–H and O–H groups in total. The number of rotatable bonds is 4. The molecule has 0 bridgehead atoms. The van der Waals surface area contributed by atoms with E-state index >= 15 is 0 Å². The number of hydrogen-bond acceptors (Lipinski definition) is 4. The topological polar surface area (TPSA) is 64.4 Å². The Hall–Kier alpha value is -2.83. The van der Waals surface area contributed by atoms with E-state index in [1.807, 2.05) is 6.07 Å². The molecule has 0 saturated heterocycles. The summed E-state index contributed by atoms with van der Waals surface area (Å²) in [6.07, 6.45) is 0.380. The van der Waals surface area contributed by atoms with Gasteiger partial charge in [0.2, 0.25) is 0 Å². The fourth-order valence-electron chi connectivity index (χ4n) is 3.61. The average molecular weight is 366 g/mol. The fraction of sp³-hybridized carbons (Fsp3) is 0.238. The molecule has 1 aliphatic heterocycles. The molecule has 138 valence electrons. The molecule has 6 heteroatoms. The van der Waals surface area contributed by atoms with Crippen LogP contribution in [0.2, 0.25) is 0 Å². The summed E-state index contributed by atoms with van der Waals surface area (Å²) in [6, 6.07) is 6.85. The van der Waals surface area contributed by atoms with Crippen molar-refractivity contribution in [2.45, 2.75) is 26.2 Å². The van der Waals surface area contributed by atoms with E-state index in [0.717, 1.165) is 10.9 Å². The molecule has 0 amide bonds. The van der Waals surface area contributed by atoms with Crippen molar-refractivity contribution in [3.8, 4) is 11.4 Å². The van der Waals surface area contributed by atoms with Gasteiger partial charge in [-0.2, -0.15) is 0 Å². The minimum atomic E-state index is -0.988. The zero-order chi connectivity index (χ0) is 19.3. The first-order valence-corrected chi connectivity index (χ1v) is 8.61. The first-order chi connectivity index (χ1) is 12.9. The normalized spacial score (nSPS) is 13.5. The van der Waals surface area contributed by atoms with E-state index in [1.165, 1.54) is 19.3 Å². The summed E-state index contributed by atoms with van der Waals surface area (Å²) in [5.74, 6) is -0.316. The Kier molecular flexibility index (Phi) is 4.17. The minimum absolute atomic E-state index is 0.0928. The lowest BCUT2D eigenvalue weighted by atomic mass is 10.0. The van der Waals surface area contributed by atoms with Crippen molar-refractivity contribution >= 4 is 10.9 Å². The Morgan fingerprint density at radius 3 is 2.89 bits per heavy atom. The van der Waals surface area contributed by atoms with E-state index in [2.05, 4.69) is 11.6 Å². The average Bonchev–Trinajstić information content (AvgIpc) is 3.00. The van der Waals surface area contributed by atoms with Crippen LogP contribution in [-0.4, -0.2) is 21.8 Å². The number of pyridine rings is 2. The highest BCUT2D eigenvalue weighted by molar-refractivity contribution is 5.84. The summed E-state index contributed by atoms with van der Waals surface area (Å²) in [5, 5.41) is 11.1. The van der Waals surface area contributed by atoms with E-state index in [0.29, 0.717) is 40.1 Å². The SMILES string of the molecule is C=CC(O)c1cc2n(c(=O)c1COC)Cc1cc3cc(C)c(F)cc3nc1-2. The summed E-state index contributed by atoms with van der Waals surface area (Å²) in [4.78, 5) is 17.6. The fourth-order valence-corrected chi connectivity index (χ4v) is 3.61. The predicted octanol–water partition coefficient (Wildman–Crippen LogP) is 3.24. The van der Waals surface area contributed by atoms with Gasteiger partial charge >= 0.3 is 0 Å². The molecule has 3 heterocycles. The molecule has 27 heavy (non-hydrogen) atoms. The second kappa shape index (κ2) is 6.40. The van der Waals surface area contributed by atoms with Gasteiger partial charge in [0.15, 0.2) is 0 Å². The van der Waals surface area contributed by atoms with E-state index in [9.17, 15) is 14.3 Å². The minimum Gasteiger partial charge on any atom is -0.384 e. The number of hydrogen-bond donors (Lipinski definition) is 1. The Morgan fingerprint density at radius 1 is 1.41 bits per heavy atom. The van der Waals surface area contributed by atoms with Crippen LogP contribution in [0, 0.1) is 12.7 Å². The Bertz CT molecular complexity index is 1150. The second-order valence-corrected chi connectivity index (χ2v) is 6.76. The zero-order valence-corrected chi connectivity index (χ0v) is 15.1. The van der Waals surface area contributed by atoms with Gasteiger partial charge in [0.1, 0.15) is 5.82 Å². The van der Waals surface area contributed by atoms with Gasteiger partial charge in [-0.1, -0.05) is 6.08 Å². The van der Waals surface area contributed by atoms with Crippen LogP contribution >= 0.6 is 0 Å². The van der Waals surface area contributed by atoms with Gasteiger partial charge in [0.25, 0.3) is 5.56 Å². The number of nitrogens with zero attached hydrogens (tertiary/aromatic N) is 2. The molecule has 0 aliphatic carbocycles. The number of fused-ring (bicyclic) bond motifs is 4. The summed E-state index contributed by atoms with van der Waals surface area (Å²) < 4.78 is 20.7. The number of benzene rings is 1. The largest absolute Gasteiger partial charge is 0.384 e. The molecule has 1 unspecified atom stereocenters. The highest BCUT2D eigenvalue weighted by Gasteiger charge is 2.26. The van der Waals surface area contributed by atoms with Crippen LogP contribution in [0.3, 0.4) is 0 Å². The lowest BCUT2D eigenvalue weighted by Crippen LogP contribution is -2.26. The highest BCUT2D eigenvalue weighted by atomic mass is 19.1. The maximum Gasteiger partial charge on any atom is 0.257 e. The van der Waals surface area contributed by atoms with E-state index in [-0.39, 0.29) is 18.0 Å². The van der Waals surface area contributed by atoms with Crippen LogP contribution < -0.4 is 5.56 Å². The molecule has 4 rings (SSSR count). The van der Waals surface area contributed by atoms with Crippen LogP contribution in [0.25, 0.3) is 22.3 Å². The highest BCUT2D eigenvalue weighted by Crippen LogP contribution is 2.34. The summed E-state index contributed by atoms with van der Waals surface area (Å²) in [7, 11) is 1.50. The van der Waals surface area contributed by atoms with Crippen molar-refractivity contribution in [2.24, 2.45) is 0 Å². The third-order valence-electron chi connectivity index (χ3n) is 5.01. The molecule has 3 aromatic rings. The predicted molar refractivity (Wildman–Crippen MR) is 101 cm³/mol. The molecule has 5 nitrogen and oxygen atoms in total. The number of aryl methyl sites for hydroxylation is 1. The quantitative estimate of drug-likeness (QED) is 0.563. The van der Waals surface area contributed by atoms with E-state index in [1.54, 1.807) is 23.6 Å². The van der Waals surface area contributed by atoms with Crippen LogP contribution in [0.15, 0.2) is 41.7 Å². The standard InChI is InChI=1S/C21H19FN2O3/c1-4-19(25)14-7-18-20-13(9-24(18)21(26)15(14)10-27-3)6-12-5-11(2)16(22)8-17(12)23-20/h4-8,19,25H,1,9-10H2,2-3H3. The number of aliphatic hydroxyl groups is 1. The van der Waals surface area contributed by atoms with Crippen LogP contribution in [-0.2, 0) is 17.9 Å². The number of halogens is 1. The van der Waals surface area contributed by atoms with Gasteiger partial charge in [-0.25, -0.2) is 9.37 Å². The Labute approximate surface area is 155 Å². The molecule has 1 atom stereocenters. The third kappa shape index (κ3) is 2.69. The number of ether oxygens (including phenoxy) is 1. The molecule has 1 aromatic carbocycles. The van der Waals surface area contributed by atoms with Crippen molar-refractivity contribution in [3.63, 3.8) is 0 Å². The molecular formula is C21H19FN2O3. The van der Waals surface area contributed by atoms with Crippen molar-refractivity contribution in [1.29, 1.82) is 0 Å². The number of methoxy groups -OCH3 is 1. The van der Waals surface area contributed by atoms with Crippen molar-refractivity contribution < 1.29 is 14.2 Å². The summed E-state index contributed by atoms with van der Waals surface area (Å²) >= 11 is 0. The zero-order valence-electron chi connectivity index (χ0n) is 15.1. The molecule has 0 radical (unpaired) electrons. The van der Waals surface area contributed by atoms with Crippen LogP contribution in [0.1, 0.15) is 28.4 Å². The van der Waals surface area contributed by atoms with Gasteiger partial charge in [0.05, 0.1) is 36.2 Å². The lowest BCUT2D eigenvalue weighted by molar-refractivity contribution is 0.175. The third-order valence-corrected chi connectivity index (χ3v) is 5.01. The van der Waals surface area contributed by atoms with Gasteiger partial charge in [-0.05, 0) is 36.2 Å².